The monoisotopic (exact) mass is 341 g/mol. The highest BCUT2D eigenvalue weighted by Gasteiger charge is 2.17. The number of nitrogens with zero attached hydrogens (tertiary/aromatic N) is 5. The molecule has 0 radical (unpaired) electrons. The van der Waals surface area contributed by atoms with Gasteiger partial charge in [-0.05, 0) is 24.6 Å². The topological polar surface area (TPSA) is 85.5 Å². The molecular formula is C17H19N5O3. The first-order valence-corrected chi connectivity index (χ1v) is 8.21. The number of benzene rings is 1. The van der Waals surface area contributed by atoms with E-state index in [0.717, 1.165) is 40.5 Å². The van der Waals surface area contributed by atoms with Gasteiger partial charge >= 0.3 is 0 Å². The van der Waals surface area contributed by atoms with Gasteiger partial charge in [-0.3, -0.25) is 0 Å². The van der Waals surface area contributed by atoms with Gasteiger partial charge in [0.1, 0.15) is 12.1 Å². The Hall–Kier alpha value is -2.87. The van der Waals surface area contributed by atoms with Crippen LogP contribution in [0.15, 0.2) is 30.7 Å². The van der Waals surface area contributed by atoms with Crippen LogP contribution in [0.2, 0.25) is 0 Å². The molecule has 0 unspecified atom stereocenters. The van der Waals surface area contributed by atoms with E-state index in [0.29, 0.717) is 13.1 Å². The predicted molar refractivity (Wildman–Crippen MR) is 91.7 cm³/mol. The van der Waals surface area contributed by atoms with E-state index in [1.165, 1.54) is 6.33 Å². The van der Waals surface area contributed by atoms with Gasteiger partial charge in [0.2, 0.25) is 6.79 Å². The molecule has 0 bridgehead atoms. The van der Waals surface area contributed by atoms with Crippen LogP contribution in [0.25, 0.3) is 11.0 Å². The maximum absolute atomic E-state index is 9.16. The molecular weight excluding hydrogens is 322 g/mol. The smallest absolute Gasteiger partial charge is 0.231 e. The number of fused-ring (bicyclic) bond motifs is 2. The lowest BCUT2D eigenvalue weighted by Crippen LogP contribution is -2.23. The Morgan fingerprint density at radius 2 is 2.12 bits per heavy atom. The van der Waals surface area contributed by atoms with Crippen LogP contribution in [-0.4, -0.2) is 44.8 Å². The summed E-state index contributed by atoms with van der Waals surface area (Å²) in [5, 5.41) is 14.3. The molecule has 8 nitrogen and oxygen atoms in total. The lowest BCUT2D eigenvalue weighted by molar-refractivity contribution is 0.174. The zero-order chi connectivity index (χ0) is 17.2. The third kappa shape index (κ3) is 2.85. The average molecular weight is 341 g/mol. The SMILES string of the molecule is CCN(Cc1ccc2c(c1)OCO2)c1ncnc2c1cnn2CCO. The second-order valence-corrected chi connectivity index (χ2v) is 5.73. The standard InChI is InChI=1S/C17H19N5O3/c1-2-21(9-12-3-4-14-15(7-12)25-11-24-14)16-13-8-20-22(5-6-23)17(13)19-10-18-16/h3-4,7-8,10,23H,2,5-6,9,11H2,1H3. The number of aliphatic hydroxyl groups is 1. The molecule has 0 aliphatic carbocycles. The fourth-order valence-electron chi connectivity index (χ4n) is 2.99. The third-order valence-electron chi connectivity index (χ3n) is 4.22. The molecule has 0 spiro atoms. The van der Waals surface area contributed by atoms with Gasteiger partial charge in [0.25, 0.3) is 0 Å². The quantitative estimate of drug-likeness (QED) is 0.728. The van der Waals surface area contributed by atoms with Gasteiger partial charge in [0, 0.05) is 13.1 Å². The van der Waals surface area contributed by atoms with Crippen LogP contribution in [0, 0.1) is 0 Å². The number of rotatable bonds is 6. The molecule has 0 fully saturated rings. The van der Waals surface area contributed by atoms with Gasteiger partial charge in [-0.25, -0.2) is 14.6 Å². The molecule has 0 amide bonds. The summed E-state index contributed by atoms with van der Waals surface area (Å²) in [6.45, 7) is 4.25. The highest BCUT2D eigenvalue weighted by atomic mass is 16.7. The molecule has 8 heteroatoms. The minimum absolute atomic E-state index is 0.0187. The molecule has 2 aromatic heterocycles. The summed E-state index contributed by atoms with van der Waals surface area (Å²) in [6, 6.07) is 5.96. The molecule has 0 saturated heterocycles. The van der Waals surface area contributed by atoms with Crippen molar-refractivity contribution in [3.63, 3.8) is 0 Å². The first kappa shape index (κ1) is 15.6. The van der Waals surface area contributed by atoms with Gasteiger partial charge in [-0.1, -0.05) is 6.07 Å². The third-order valence-corrected chi connectivity index (χ3v) is 4.22. The Morgan fingerprint density at radius 1 is 1.24 bits per heavy atom. The van der Waals surface area contributed by atoms with Crippen molar-refractivity contribution in [1.82, 2.24) is 19.7 Å². The zero-order valence-electron chi connectivity index (χ0n) is 13.9. The van der Waals surface area contributed by atoms with Gasteiger partial charge in [0.05, 0.1) is 24.7 Å². The Bertz CT molecular complexity index is 895. The van der Waals surface area contributed by atoms with Crippen LogP contribution < -0.4 is 14.4 Å². The van der Waals surface area contributed by atoms with Crippen LogP contribution in [0.4, 0.5) is 5.82 Å². The molecule has 1 aliphatic rings. The molecule has 3 heterocycles. The number of aliphatic hydroxyl groups excluding tert-OH is 1. The van der Waals surface area contributed by atoms with Crippen molar-refractivity contribution < 1.29 is 14.6 Å². The molecule has 1 N–H and O–H groups in total. The van der Waals surface area contributed by atoms with E-state index < -0.39 is 0 Å². The normalized spacial score (nSPS) is 12.7. The number of hydrogen-bond donors (Lipinski definition) is 1. The number of ether oxygens (including phenoxy) is 2. The summed E-state index contributed by atoms with van der Waals surface area (Å²) in [5.74, 6) is 2.38. The van der Waals surface area contributed by atoms with Crippen molar-refractivity contribution in [2.24, 2.45) is 0 Å². The van der Waals surface area contributed by atoms with E-state index >= 15 is 0 Å². The molecule has 1 aromatic carbocycles. The van der Waals surface area contributed by atoms with Crippen molar-refractivity contribution in [3.05, 3.63) is 36.3 Å². The summed E-state index contributed by atoms with van der Waals surface area (Å²) < 4.78 is 12.5. The number of aromatic nitrogens is 4. The van der Waals surface area contributed by atoms with Crippen LogP contribution in [-0.2, 0) is 13.1 Å². The van der Waals surface area contributed by atoms with Gasteiger partial charge in [0.15, 0.2) is 17.1 Å². The molecule has 1 aliphatic heterocycles. The number of anilines is 1. The molecule has 3 aromatic rings. The van der Waals surface area contributed by atoms with Crippen molar-refractivity contribution in [2.45, 2.75) is 20.0 Å². The first-order valence-electron chi connectivity index (χ1n) is 8.21. The average Bonchev–Trinajstić information content (AvgIpc) is 3.26. The molecule has 4 rings (SSSR count). The summed E-state index contributed by atoms with van der Waals surface area (Å²) in [7, 11) is 0. The second-order valence-electron chi connectivity index (χ2n) is 5.73. The van der Waals surface area contributed by atoms with Crippen molar-refractivity contribution in [2.75, 3.05) is 24.8 Å². The van der Waals surface area contributed by atoms with Crippen LogP contribution >= 0.6 is 0 Å². The van der Waals surface area contributed by atoms with E-state index in [4.69, 9.17) is 14.6 Å². The maximum Gasteiger partial charge on any atom is 0.231 e. The minimum atomic E-state index is 0.0187. The fourth-order valence-corrected chi connectivity index (χ4v) is 2.99. The van der Waals surface area contributed by atoms with E-state index in [1.54, 1.807) is 10.9 Å². The number of hydrogen-bond acceptors (Lipinski definition) is 7. The van der Waals surface area contributed by atoms with Crippen LogP contribution in [0.5, 0.6) is 11.5 Å². The van der Waals surface area contributed by atoms with E-state index in [9.17, 15) is 0 Å². The highest BCUT2D eigenvalue weighted by Crippen LogP contribution is 2.33. The summed E-state index contributed by atoms with van der Waals surface area (Å²) >= 11 is 0. The van der Waals surface area contributed by atoms with Gasteiger partial charge in [-0.2, -0.15) is 5.10 Å². The van der Waals surface area contributed by atoms with Crippen molar-refractivity contribution >= 4 is 16.9 Å². The van der Waals surface area contributed by atoms with Crippen molar-refractivity contribution in [1.29, 1.82) is 0 Å². The predicted octanol–water partition coefficient (Wildman–Crippen LogP) is 1.57. The van der Waals surface area contributed by atoms with Gasteiger partial charge < -0.3 is 19.5 Å². The summed E-state index contributed by atoms with van der Waals surface area (Å²) in [4.78, 5) is 10.9. The molecule has 25 heavy (non-hydrogen) atoms. The fraction of sp³-hybridized carbons (Fsp3) is 0.353. The molecule has 130 valence electrons. The van der Waals surface area contributed by atoms with Crippen LogP contribution in [0.1, 0.15) is 12.5 Å². The summed E-state index contributed by atoms with van der Waals surface area (Å²) in [6.07, 6.45) is 3.29. The Labute approximate surface area is 144 Å². The highest BCUT2D eigenvalue weighted by molar-refractivity contribution is 5.86. The minimum Gasteiger partial charge on any atom is -0.454 e. The van der Waals surface area contributed by atoms with E-state index in [-0.39, 0.29) is 13.4 Å². The second kappa shape index (κ2) is 6.56. The van der Waals surface area contributed by atoms with E-state index in [2.05, 4.69) is 26.9 Å². The largest absolute Gasteiger partial charge is 0.454 e. The zero-order valence-corrected chi connectivity index (χ0v) is 13.9. The van der Waals surface area contributed by atoms with E-state index in [1.807, 2.05) is 18.2 Å². The molecule has 0 saturated carbocycles. The Kier molecular flexibility index (Phi) is 4.10. The van der Waals surface area contributed by atoms with Crippen LogP contribution in [0.3, 0.4) is 0 Å². The summed E-state index contributed by atoms with van der Waals surface area (Å²) in [5.41, 5.74) is 1.84. The van der Waals surface area contributed by atoms with Crippen molar-refractivity contribution in [3.8, 4) is 11.5 Å². The maximum atomic E-state index is 9.16. The van der Waals surface area contributed by atoms with Gasteiger partial charge in [-0.15, -0.1) is 0 Å². The lowest BCUT2D eigenvalue weighted by atomic mass is 10.2. The molecule has 0 atom stereocenters. The Balaban J connectivity index is 1.66. The Morgan fingerprint density at radius 3 is 2.96 bits per heavy atom. The lowest BCUT2D eigenvalue weighted by Gasteiger charge is -2.22. The first-order chi connectivity index (χ1) is 12.3.